The number of rotatable bonds is 5. The number of amides is 1. The van der Waals surface area contributed by atoms with E-state index in [1.807, 2.05) is 0 Å². The second-order valence-electron chi connectivity index (χ2n) is 4.99. The number of carbonyl (C=O) groups is 2. The van der Waals surface area contributed by atoms with E-state index in [0.29, 0.717) is 31.0 Å². The van der Waals surface area contributed by atoms with Crippen molar-refractivity contribution in [3.05, 3.63) is 18.0 Å². The Labute approximate surface area is 135 Å². The van der Waals surface area contributed by atoms with Gasteiger partial charge in [-0.05, 0) is 25.8 Å². The average Bonchev–Trinajstić information content (AvgIpc) is 3.05. The summed E-state index contributed by atoms with van der Waals surface area (Å²) in [5.74, 6) is -0.632. The standard InChI is InChI=1S/C14H21N3O4.ClH/c1-3-20-14(19)11-6-9(8-17(11)2)16-13(18)12-5-4-10(7-15)21-12;/h6,8,10,12H,3-5,7,15H2,1-2H3,(H,16,18);1H/t10-,12+;/m1./s1. The van der Waals surface area contributed by atoms with Crippen LogP contribution in [0.2, 0.25) is 0 Å². The summed E-state index contributed by atoms with van der Waals surface area (Å²) in [5.41, 5.74) is 6.46. The van der Waals surface area contributed by atoms with E-state index in [2.05, 4.69) is 5.32 Å². The molecule has 1 amide bonds. The first-order chi connectivity index (χ1) is 10.0. The van der Waals surface area contributed by atoms with Crippen LogP contribution in [-0.2, 0) is 21.3 Å². The lowest BCUT2D eigenvalue weighted by Crippen LogP contribution is -2.29. The van der Waals surface area contributed by atoms with Gasteiger partial charge in [-0.3, -0.25) is 4.79 Å². The Morgan fingerprint density at radius 3 is 2.82 bits per heavy atom. The number of nitrogens with two attached hydrogens (primary N) is 1. The number of nitrogens with one attached hydrogen (secondary N) is 1. The van der Waals surface area contributed by atoms with E-state index in [1.165, 1.54) is 0 Å². The smallest absolute Gasteiger partial charge is 0.355 e. The van der Waals surface area contributed by atoms with E-state index in [0.717, 1.165) is 6.42 Å². The molecule has 0 spiro atoms. The molecule has 1 aromatic rings. The SMILES string of the molecule is CCOC(=O)c1cc(NC(=O)[C@@H]2CC[C@H](CN)O2)cn1C.Cl. The van der Waals surface area contributed by atoms with E-state index in [-0.39, 0.29) is 24.4 Å². The number of halogens is 1. The second-order valence-corrected chi connectivity index (χ2v) is 4.99. The lowest BCUT2D eigenvalue weighted by Gasteiger charge is -2.11. The molecule has 3 N–H and O–H groups in total. The molecule has 22 heavy (non-hydrogen) atoms. The van der Waals surface area contributed by atoms with Crippen molar-refractivity contribution in [2.45, 2.75) is 32.0 Å². The van der Waals surface area contributed by atoms with Crippen LogP contribution in [0.1, 0.15) is 30.3 Å². The van der Waals surface area contributed by atoms with Gasteiger partial charge in [0.2, 0.25) is 0 Å². The summed E-state index contributed by atoms with van der Waals surface area (Å²) in [5, 5.41) is 2.75. The van der Waals surface area contributed by atoms with Gasteiger partial charge in [0.1, 0.15) is 11.8 Å². The molecular weight excluding hydrogens is 310 g/mol. The summed E-state index contributed by atoms with van der Waals surface area (Å²) in [4.78, 5) is 23.8. The molecule has 0 aliphatic carbocycles. The number of hydrogen-bond acceptors (Lipinski definition) is 5. The van der Waals surface area contributed by atoms with Gasteiger partial charge in [0.25, 0.3) is 5.91 Å². The number of nitrogens with zero attached hydrogens (tertiary/aromatic N) is 1. The second kappa shape index (κ2) is 8.17. The van der Waals surface area contributed by atoms with Gasteiger partial charge < -0.3 is 25.1 Å². The Hall–Kier alpha value is -1.57. The normalized spacial score (nSPS) is 20.3. The fourth-order valence-corrected chi connectivity index (χ4v) is 2.34. The van der Waals surface area contributed by atoms with Crippen molar-refractivity contribution in [2.24, 2.45) is 12.8 Å². The molecule has 1 saturated heterocycles. The highest BCUT2D eigenvalue weighted by molar-refractivity contribution is 5.96. The summed E-state index contributed by atoms with van der Waals surface area (Å²) in [6, 6.07) is 1.59. The van der Waals surface area contributed by atoms with Crippen molar-refractivity contribution in [1.82, 2.24) is 4.57 Å². The molecule has 1 aliphatic heterocycles. The van der Waals surface area contributed by atoms with Gasteiger partial charge in [0.05, 0.1) is 18.4 Å². The first-order valence-corrected chi connectivity index (χ1v) is 7.05. The van der Waals surface area contributed by atoms with Crippen molar-refractivity contribution in [3.63, 3.8) is 0 Å². The molecule has 1 fully saturated rings. The van der Waals surface area contributed by atoms with Crippen LogP contribution in [0, 0.1) is 0 Å². The molecule has 0 bridgehead atoms. The predicted molar refractivity (Wildman–Crippen MR) is 84.2 cm³/mol. The maximum absolute atomic E-state index is 12.1. The van der Waals surface area contributed by atoms with Gasteiger partial charge in [-0.25, -0.2) is 4.79 Å². The largest absolute Gasteiger partial charge is 0.461 e. The fraction of sp³-hybridized carbons (Fsp3) is 0.571. The van der Waals surface area contributed by atoms with Gasteiger partial charge >= 0.3 is 5.97 Å². The molecule has 0 unspecified atom stereocenters. The lowest BCUT2D eigenvalue weighted by atomic mass is 10.2. The third kappa shape index (κ3) is 4.22. The Kier molecular flexibility index (Phi) is 6.86. The maximum atomic E-state index is 12.1. The highest BCUT2D eigenvalue weighted by Crippen LogP contribution is 2.21. The van der Waals surface area contributed by atoms with Crippen molar-refractivity contribution >= 4 is 30.0 Å². The summed E-state index contributed by atoms with van der Waals surface area (Å²) in [7, 11) is 1.72. The maximum Gasteiger partial charge on any atom is 0.355 e. The monoisotopic (exact) mass is 331 g/mol. The van der Waals surface area contributed by atoms with Crippen molar-refractivity contribution in [1.29, 1.82) is 0 Å². The zero-order chi connectivity index (χ0) is 15.4. The lowest BCUT2D eigenvalue weighted by molar-refractivity contribution is -0.126. The minimum atomic E-state index is -0.482. The molecule has 2 rings (SSSR count). The Balaban J connectivity index is 0.00000242. The zero-order valence-corrected chi connectivity index (χ0v) is 13.5. The molecule has 0 aromatic carbocycles. The quantitative estimate of drug-likeness (QED) is 0.787. The van der Waals surface area contributed by atoms with Gasteiger partial charge in [-0.2, -0.15) is 0 Å². The first kappa shape index (κ1) is 18.5. The van der Waals surface area contributed by atoms with Crippen LogP contribution in [0.25, 0.3) is 0 Å². The molecule has 124 valence electrons. The number of carbonyl (C=O) groups excluding carboxylic acids is 2. The van der Waals surface area contributed by atoms with Crippen LogP contribution in [0.3, 0.4) is 0 Å². The minimum Gasteiger partial charge on any atom is -0.461 e. The molecule has 8 heteroatoms. The van der Waals surface area contributed by atoms with E-state index in [9.17, 15) is 9.59 Å². The predicted octanol–water partition coefficient (Wildman–Crippen LogP) is 1.07. The number of esters is 1. The average molecular weight is 332 g/mol. The van der Waals surface area contributed by atoms with Gasteiger partial charge in [0.15, 0.2) is 0 Å². The summed E-state index contributed by atoms with van der Waals surface area (Å²) < 4.78 is 12.1. The van der Waals surface area contributed by atoms with Crippen molar-refractivity contribution in [3.8, 4) is 0 Å². The molecule has 1 aromatic heterocycles. The molecule has 2 heterocycles. The van der Waals surface area contributed by atoms with Gasteiger partial charge in [-0.15, -0.1) is 12.4 Å². The zero-order valence-electron chi connectivity index (χ0n) is 12.7. The summed E-state index contributed by atoms with van der Waals surface area (Å²) in [6.07, 6.45) is 2.58. The van der Waals surface area contributed by atoms with E-state index >= 15 is 0 Å². The minimum absolute atomic E-state index is 0. The molecule has 7 nitrogen and oxygen atoms in total. The highest BCUT2D eigenvalue weighted by Gasteiger charge is 2.30. The van der Waals surface area contributed by atoms with Crippen LogP contribution < -0.4 is 11.1 Å². The third-order valence-corrected chi connectivity index (χ3v) is 3.42. The van der Waals surface area contributed by atoms with Crippen LogP contribution in [-0.4, -0.2) is 41.8 Å². The molecule has 2 atom stereocenters. The van der Waals surface area contributed by atoms with Crippen molar-refractivity contribution in [2.75, 3.05) is 18.5 Å². The van der Waals surface area contributed by atoms with Crippen LogP contribution in [0.4, 0.5) is 5.69 Å². The molecule has 1 aliphatic rings. The third-order valence-electron chi connectivity index (χ3n) is 3.42. The van der Waals surface area contributed by atoms with Crippen LogP contribution in [0.15, 0.2) is 12.3 Å². The molecule has 0 radical (unpaired) electrons. The number of anilines is 1. The topological polar surface area (TPSA) is 95.6 Å². The number of ether oxygens (including phenoxy) is 2. The number of aryl methyl sites for hydroxylation is 1. The Morgan fingerprint density at radius 1 is 1.50 bits per heavy atom. The van der Waals surface area contributed by atoms with E-state index < -0.39 is 12.1 Å². The van der Waals surface area contributed by atoms with E-state index in [4.69, 9.17) is 15.2 Å². The van der Waals surface area contributed by atoms with Gasteiger partial charge in [-0.1, -0.05) is 0 Å². The van der Waals surface area contributed by atoms with Crippen LogP contribution >= 0.6 is 12.4 Å². The summed E-state index contributed by atoms with van der Waals surface area (Å²) in [6.45, 7) is 2.47. The van der Waals surface area contributed by atoms with E-state index in [1.54, 1.807) is 30.8 Å². The first-order valence-electron chi connectivity index (χ1n) is 7.05. The molecule has 0 saturated carbocycles. The Bertz CT molecular complexity index is 532. The number of hydrogen-bond donors (Lipinski definition) is 2. The highest BCUT2D eigenvalue weighted by atomic mass is 35.5. The van der Waals surface area contributed by atoms with Gasteiger partial charge in [0, 0.05) is 19.8 Å². The molecular formula is C14H22ClN3O4. The fourth-order valence-electron chi connectivity index (χ4n) is 2.34. The van der Waals surface area contributed by atoms with Crippen molar-refractivity contribution < 1.29 is 19.1 Å². The number of aromatic nitrogens is 1. The van der Waals surface area contributed by atoms with Crippen LogP contribution in [0.5, 0.6) is 0 Å². The summed E-state index contributed by atoms with van der Waals surface area (Å²) >= 11 is 0. The Morgan fingerprint density at radius 2 is 2.23 bits per heavy atom.